The highest BCUT2D eigenvalue weighted by Gasteiger charge is 2.42. The van der Waals surface area contributed by atoms with Crippen molar-refractivity contribution in [3.05, 3.63) is 106 Å². The normalized spacial score (nSPS) is 13.5. The zero-order valence-corrected chi connectivity index (χ0v) is 15.7. The molecule has 30 heavy (non-hydrogen) atoms. The minimum Gasteiger partial charge on any atom is -0.305 e. The van der Waals surface area contributed by atoms with Gasteiger partial charge in [-0.3, -0.25) is 14.4 Å². The van der Waals surface area contributed by atoms with Gasteiger partial charge < -0.3 is 4.40 Å². The van der Waals surface area contributed by atoms with Crippen LogP contribution in [0.2, 0.25) is 0 Å². The molecule has 6 rings (SSSR count). The molecule has 0 spiro atoms. The first kappa shape index (κ1) is 16.7. The third kappa shape index (κ3) is 2.03. The molecule has 0 bridgehead atoms. The molecule has 4 heterocycles. The molecule has 0 aliphatic carbocycles. The topological polar surface area (TPSA) is 58.9 Å². The van der Waals surface area contributed by atoms with Crippen molar-refractivity contribution >= 4 is 34.1 Å². The molecule has 0 fully saturated rings. The van der Waals surface area contributed by atoms with Gasteiger partial charge in [-0.25, -0.2) is 4.90 Å². The van der Waals surface area contributed by atoms with Gasteiger partial charge in [0.1, 0.15) is 0 Å². The van der Waals surface area contributed by atoms with Crippen LogP contribution in [0.3, 0.4) is 0 Å². The first-order valence-electron chi connectivity index (χ1n) is 9.60. The summed E-state index contributed by atoms with van der Waals surface area (Å²) in [5.74, 6) is -0.745. The van der Waals surface area contributed by atoms with Gasteiger partial charge in [0, 0.05) is 5.56 Å². The predicted molar refractivity (Wildman–Crippen MR) is 115 cm³/mol. The average molecular weight is 390 g/mol. The number of hydrogen-bond donors (Lipinski definition) is 0. The lowest BCUT2D eigenvalue weighted by Crippen LogP contribution is -2.30. The number of para-hydroxylation sites is 1. The fourth-order valence-corrected chi connectivity index (χ4v) is 4.41. The number of nitrogens with zero attached hydrogens (tertiary/aromatic N) is 2. The van der Waals surface area contributed by atoms with Crippen LogP contribution in [-0.2, 0) is 0 Å². The molecule has 0 saturated carbocycles. The molecular formula is C25H14N2O3. The summed E-state index contributed by atoms with van der Waals surface area (Å²) in [6.07, 6.45) is 0. The molecule has 2 aromatic carbocycles. The monoisotopic (exact) mass is 390 g/mol. The molecule has 1 aliphatic heterocycles. The number of benzene rings is 2. The van der Waals surface area contributed by atoms with Crippen LogP contribution in [0.15, 0.2) is 89.7 Å². The lowest BCUT2D eigenvalue weighted by molar-refractivity contribution is 0.0926. The van der Waals surface area contributed by atoms with Gasteiger partial charge in [-0.15, -0.1) is 0 Å². The number of rotatable bonds is 2. The Morgan fingerprint density at radius 1 is 0.600 bits per heavy atom. The quantitative estimate of drug-likeness (QED) is 0.421. The van der Waals surface area contributed by atoms with Gasteiger partial charge >= 0.3 is 0 Å². The Morgan fingerprint density at radius 3 is 1.97 bits per heavy atom. The molecular weight excluding hydrogens is 376 g/mol. The van der Waals surface area contributed by atoms with Crippen LogP contribution < -0.4 is 10.3 Å². The highest BCUT2D eigenvalue weighted by molar-refractivity contribution is 6.39. The summed E-state index contributed by atoms with van der Waals surface area (Å²) < 4.78 is 1.76. The van der Waals surface area contributed by atoms with Gasteiger partial charge in [-0.1, -0.05) is 54.6 Å². The summed E-state index contributed by atoms with van der Waals surface area (Å²) in [4.78, 5) is 41.0. The second kappa shape index (κ2) is 5.87. The van der Waals surface area contributed by atoms with E-state index < -0.39 is 0 Å². The fraction of sp³-hybridized carbons (Fsp3) is 0. The van der Waals surface area contributed by atoms with E-state index in [1.807, 2.05) is 36.4 Å². The summed E-state index contributed by atoms with van der Waals surface area (Å²) in [6.45, 7) is 0. The Labute approximate surface area is 170 Å². The smallest absolute Gasteiger partial charge is 0.268 e. The number of amides is 2. The lowest BCUT2D eigenvalue weighted by Gasteiger charge is -2.16. The van der Waals surface area contributed by atoms with Crippen LogP contribution in [0, 0.1) is 0 Å². The maximum Gasteiger partial charge on any atom is 0.268 e. The number of anilines is 1. The fourth-order valence-electron chi connectivity index (χ4n) is 4.41. The van der Waals surface area contributed by atoms with Crippen LogP contribution >= 0.6 is 0 Å². The molecule has 2 amide bonds. The molecule has 1 aliphatic rings. The molecule has 0 N–H and O–H groups in total. The molecule has 5 aromatic rings. The van der Waals surface area contributed by atoms with Gasteiger partial charge in [0.15, 0.2) is 0 Å². The van der Waals surface area contributed by atoms with Gasteiger partial charge in [0.25, 0.3) is 11.8 Å². The SMILES string of the molecule is O=C1c2c(c3c(-c4ccccc4)cc(=O)c4cccc2n34)C(=O)N1c1ccccc1. The Kier molecular flexibility index (Phi) is 3.27. The van der Waals surface area contributed by atoms with E-state index in [4.69, 9.17) is 0 Å². The second-order valence-electron chi connectivity index (χ2n) is 7.30. The third-order valence-electron chi connectivity index (χ3n) is 5.67. The molecule has 0 radical (unpaired) electrons. The maximum absolute atomic E-state index is 13.5. The number of pyridine rings is 2. The van der Waals surface area contributed by atoms with Crippen molar-refractivity contribution in [3.8, 4) is 11.1 Å². The number of imide groups is 1. The number of hydrogen-bond acceptors (Lipinski definition) is 3. The molecule has 0 atom stereocenters. The molecule has 5 nitrogen and oxygen atoms in total. The van der Waals surface area contributed by atoms with E-state index in [1.165, 1.54) is 4.90 Å². The van der Waals surface area contributed by atoms with Gasteiger partial charge in [-0.2, -0.15) is 0 Å². The van der Waals surface area contributed by atoms with E-state index in [2.05, 4.69) is 0 Å². The van der Waals surface area contributed by atoms with Crippen LogP contribution in [0.25, 0.3) is 27.7 Å². The lowest BCUT2D eigenvalue weighted by atomic mass is 10.0. The minimum absolute atomic E-state index is 0.152. The summed E-state index contributed by atoms with van der Waals surface area (Å²) in [5, 5.41) is 0. The van der Waals surface area contributed by atoms with Crippen molar-refractivity contribution in [1.82, 2.24) is 4.40 Å². The van der Waals surface area contributed by atoms with Crippen molar-refractivity contribution in [1.29, 1.82) is 0 Å². The van der Waals surface area contributed by atoms with Crippen molar-refractivity contribution < 1.29 is 9.59 Å². The highest BCUT2D eigenvalue weighted by Crippen LogP contribution is 2.40. The summed E-state index contributed by atoms with van der Waals surface area (Å²) in [6, 6.07) is 25.2. The van der Waals surface area contributed by atoms with Gasteiger partial charge in [-0.05, 0) is 35.9 Å². The number of fused-ring (bicyclic) bond motifs is 3. The van der Waals surface area contributed by atoms with Gasteiger partial charge in [0.05, 0.1) is 33.4 Å². The molecule has 142 valence electrons. The molecule has 3 aromatic heterocycles. The number of carbonyl (C=O) groups excluding carboxylic acids is 2. The summed E-state index contributed by atoms with van der Waals surface area (Å²) >= 11 is 0. The van der Waals surface area contributed by atoms with E-state index in [0.717, 1.165) is 5.56 Å². The average Bonchev–Trinajstić information content (AvgIpc) is 3.26. The summed E-state index contributed by atoms with van der Waals surface area (Å²) in [7, 11) is 0. The van der Waals surface area contributed by atoms with Crippen LogP contribution in [0.5, 0.6) is 0 Å². The van der Waals surface area contributed by atoms with E-state index in [0.29, 0.717) is 38.9 Å². The van der Waals surface area contributed by atoms with E-state index in [9.17, 15) is 14.4 Å². The molecule has 5 heteroatoms. The van der Waals surface area contributed by atoms with Gasteiger partial charge in [0.2, 0.25) is 5.43 Å². The standard InChI is InChI=1S/C25H14N2O3/c28-20-14-17(15-8-3-1-4-9-15)23-22-21(19-13-7-12-18(20)27(19)23)24(29)26(25(22)30)16-10-5-2-6-11-16/h1-14H. The largest absolute Gasteiger partial charge is 0.305 e. The number of aromatic nitrogens is 1. The van der Waals surface area contributed by atoms with E-state index in [1.54, 1.807) is 52.9 Å². The van der Waals surface area contributed by atoms with Crippen molar-refractivity contribution in [2.75, 3.05) is 4.90 Å². The predicted octanol–water partition coefficient (Wildman–Crippen LogP) is 4.36. The number of carbonyl (C=O) groups is 2. The third-order valence-corrected chi connectivity index (χ3v) is 5.67. The zero-order chi connectivity index (χ0) is 20.4. The summed E-state index contributed by atoms with van der Waals surface area (Å²) in [5.41, 5.74) is 4.15. The van der Waals surface area contributed by atoms with E-state index in [-0.39, 0.29) is 17.2 Å². The molecule has 0 saturated heterocycles. The van der Waals surface area contributed by atoms with Crippen molar-refractivity contribution in [2.24, 2.45) is 0 Å². The highest BCUT2D eigenvalue weighted by atomic mass is 16.2. The Balaban J connectivity index is 1.76. The Hall–Kier alpha value is -4.25. The Morgan fingerprint density at radius 2 is 1.23 bits per heavy atom. The first-order valence-corrected chi connectivity index (χ1v) is 9.60. The molecule has 0 unspecified atom stereocenters. The maximum atomic E-state index is 13.5. The zero-order valence-electron chi connectivity index (χ0n) is 15.7. The van der Waals surface area contributed by atoms with Crippen molar-refractivity contribution in [2.45, 2.75) is 0 Å². The first-order chi connectivity index (χ1) is 14.7. The minimum atomic E-state index is -0.373. The van der Waals surface area contributed by atoms with Crippen LogP contribution in [0.4, 0.5) is 5.69 Å². The second-order valence-corrected chi connectivity index (χ2v) is 7.30. The van der Waals surface area contributed by atoms with Crippen molar-refractivity contribution in [3.63, 3.8) is 0 Å². The Bertz CT molecular complexity index is 1540. The van der Waals surface area contributed by atoms with Crippen LogP contribution in [-0.4, -0.2) is 16.2 Å². The van der Waals surface area contributed by atoms with Crippen LogP contribution in [0.1, 0.15) is 20.7 Å². The van der Waals surface area contributed by atoms with E-state index >= 15 is 0 Å².